The van der Waals surface area contributed by atoms with Crippen LogP contribution in [0, 0.1) is 0 Å². The Morgan fingerprint density at radius 2 is 2.00 bits per heavy atom. The van der Waals surface area contributed by atoms with Gasteiger partial charge in [-0.2, -0.15) is 0 Å². The quantitative estimate of drug-likeness (QED) is 0.884. The van der Waals surface area contributed by atoms with Crippen LogP contribution >= 0.6 is 11.6 Å². The summed E-state index contributed by atoms with van der Waals surface area (Å²) in [4.78, 5) is 11.3. The van der Waals surface area contributed by atoms with Crippen LogP contribution < -0.4 is 5.32 Å². The Bertz CT molecular complexity index is 654. The highest BCUT2D eigenvalue weighted by Gasteiger charge is 2.20. The van der Waals surface area contributed by atoms with Crippen molar-refractivity contribution in [3.05, 3.63) is 64.2 Å². The van der Waals surface area contributed by atoms with Crippen LogP contribution in [0.4, 0.5) is 5.69 Å². The van der Waals surface area contributed by atoms with E-state index in [2.05, 4.69) is 5.32 Å². The predicted octanol–water partition coefficient (Wildman–Crippen LogP) is 2.92. The fourth-order valence-electron chi connectivity index (χ4n) is 2.30. The lowest BCUT2D eigenvalue weighted by atomic mass is 9.99. The molecule has 19 heavy (non-hydrogen) atoms. The number of halogens is 1. The number of amides is 1. The smallest absolute Gasteiger partial charge is 0.228 e. The van der Waals surface area contributed by atoms with Crippen LogP contribution in [0.15, 0.2) is 42.5 Å². The molecule has 0 radical (unpaired) electrons. The van der Waals surface area contributed by atoms with Crippen molar-refractivity contribution in [2.24, 2.45) is 0 Å². The van der Waals surface area contributed by atoms with Crippen LogP contribution in [0.1, 0.15) is 22.8 Å². The number of anilines is 1. The summed E-state index contributed by atoms with van der Waals surface area (Å²) < 4.78 is 0. The molecule has 1 unspecified atom stereocenters. The Morgan fingerprint density at radius 3 is 2.79 bits per heavy atom. The Morgan fingerprint density at radius 1 is 1.21 bits per heavy atom. The van der Waals surface area contributed by atoms with Crippen molar-refractivity contribution < 1.29 is 9.90 Å². The number of aliphatic hydroxyl groups is 1. The van der Waals surface area contributed by atoms with Crippen LogP contribution in [-0.4, -0.2) is 11.0 Å². The molecule has 96 valence electrons. The van der Waals surface area contributed by atoms with Gasteiger partial charge in [-0.25, -0.2) is 0 Å². The third-order valence-corrected chi connectivity index (χ3v) is 3.61. The van der Waals surface area contributed by atoms with E-state index < -0.39 is 6.10 Å². The number of hydrogen-bond acceptors (Lipinski definition) is 2. The van der Waals surface area contributed by atoms with E-state index in [0.29, 0.717) is 17.0 Å². The second-order valence-electron chi connectivity index (χ2n) is 4.57. The van der Waals surface area contributed by atoms with Crippen molar-refractivity contribution >= 4 is 23.2 Å². The molecule has 3 nitrogen and oxygen atoms in total. The fourth-order valence-corrected chi connectivity index (χ4v) is 2.53. The average molecular weight is 274 g/mol. The first-order chi connectivity index (χ1) is 9.15. The Kier molecular flexibility index (Phi) is 3.01. The van der Waals surface area contributed by atoms with Gasteiger partial charge in [-0.1, -0.05) is 41.9 Å². The van der Waals surface area contributed by atoms with Crippen LogP contribution in [0.5, 0.6) is 0 Å². The van der Waals surface area contributed by atoms with Gasteiger partial charge in [-0.15, -0.1) is 0 Å². The number of carbonyl (C=O) groups is 1. The number of hydrogen-bond donors (Lipinski definition) is 2. The summed E-state index contributed by atoms with van der Waals surface area (Å²) in [6, 6.07) is 12.7. The predicted molar refractivity (Wildman–Crippen MR) is 74.3 cm³/mol. The highest BCUT2D eigenvalue weighted by atomic mass is 35.5. The summed E-state index contributed by atoms with van der Waals surface area (Å²) in [5.74, 6) is -0.0145. The topological polar surface area (TPSA) is 49.3 Å². The van der Waals surface area contributed by atoms with E-state index in [-0.39, 0.29) is 5.91 Å². The fraction of sp³-hybridized carbons (Fsp3) is 0.133. The van der Waals surface area contributed by atoms with Crippen molar-refractivity contribution in [2.75, 3.05) is 5.32 Å². The number of aliphatic hydroxyl groups excluding tert-OH is 1. The zero-order valence-electron chi connectivity index (χ0n) is 10.1. The van der Waals surface area contributed by atoms with E-state index in [0.717, 1.165) is 16.8 Å². The first-order valence-electron chi connectivity index (χ1n) is 6.00. The highest BCUT2D eigenvalue weighted by molar-refractivity contribution is 6.31. The van der Waals surface area contributed by atoms with Crippen LogP contribution in [0.25, 0.3) is 0 Å². The number of rotatable bonds is 2. The molecule has 2 aromatic carbocycles. The molecule has 0 fully saturated rings. The Balaban J connectivity index is 1.97. The van der Waals surface area contributed by atoms with Gasteiger partial charge < -0.3 is 10.4 Å². The molecular formula is C15H12ClNO2. The third kappa shape index (κ3) is 2.23. The van der Waals surface area contributed by atoms with Crippen molar-refractivity contribution in [1.29, 1.82) is 0 Å². The van der Waals surface area contributed by atoms with Gasteiger partial charge in [0.1, 0.15) is 6.10 Å². The average Bonchev–Trinajstić information content (AvgIpc) is 2.77. The molecule has 1 aliphatic heterocycles. The molecule has 1 heterocycles. The van der Waals surface area contributed by atoms with E-state index in [4.69, 9.17) is 11.6 Å². The largest absolute Gasteiger partial charge is 0.384 e. The number of carbonyl (C=O) groups excluding carboxylic acids is 1. The lowest BCUT2D eigenvalue weighted by molar-refractivity contribution is -0.115. The summed E-state index contributed by atoms with van der Waals surface area (Å²) in [7, 11) is 0. The van der Waals surface area contributed by atoms with E-state index in [1.165, 1.54) is 0 Å². The van der Waals surface area contributed by atoms with Gasteiger partial charge >= 0.3 is 0 Å². The molecule has 4 heteroatoms. The normalized spacial score (nSPS) is 14.9. The molecule has 0 saturated carbocycles. The molecule has 3 rings (SSSR count). The van der Waals surface area contributed by atoms with Gasteiger partial charge in [-0.3, -0.25) is 4.79 Å². The molecule has 0 bridgehead atoms. The molecule has 0 spiro atoms. The van der Waals surface area contributed by atoms with Gasteiger partial charge in [0.2, 0.25) is 5.91 Å². The van der Waals surface area contributed by atoms with E-state index in [1.54, 1.807) is 18.2 Å². The number of benzene rings is 2. The summed E-state index contributed by atoms with van der Waals surface area (Å²) in [6.45, 7) is 0. The second kappa shape index (κ2) is 4.68. The minimum Gasteiger partial charge on any atom is -0.384 e. The zero-order valence-corrected chi connectivity index (χ0v) is 10.8. The number of fused-ring (bicyclic) bond motifs is 1. The van der Waals surface area contributed by atoms with Crippen molar-refractivity contribution in [3.63, 3.8) is 0 Å². The summed E-state index contributed by atoms with van der Waals surface area (Å²) in [5.41, 5.74) is 3.14. The van der Waals surface area contributed by atoms with E-state index in [1.807, 2.05) is 24.3 Å². The van der Waals surface area contributed by atoms with Crippen molar-refractivity contribution in [1.82, 2.24) is 0 Å². The summed E-state index contributed by atoms with van der Waals surface area (Å²) in [5, 5.41) is 13.7. The van der Waals surface area contributed by atoms with Gasteiger partial charge in [0.05, 0.1) is 6.42 Å². The zero-order chi connectivity index (χ0) is 13.4. The van der Waals surface area contributed by atoms with Crippen molar-refractivity contribution in [3.8, 4) is 0 Å². The molecule has 0 aromatic heterocycles. The molecule has 0 aliphatic carbocycles. The molecular weight excluding hydrogens is 262 g/mol. The summed E-state index contributed by atoms with van der Waals surface area (Å²) in [6.07, 6.45) is -0.423. The van der Waals surface area contributed by atoms with Gasteiger partial charge in [0.25, 0.3) is 0 Å². The lowest BCUT2D eigenvalue weighted by Crippen LogP contribution is -2.03. The second-order valence-corrected chi connectivity index (χ2v) is 4.97. The lowest BCUT2D eigenvalue weighted by Gasteiger charge is -2.14. The van der Waals surface area contributed by atoms with Gasteiger partial charge in [-0.05, 0) is 23.3 Å². The summed E-state index contributed by atoms with van der Waals surface area (Å²) >= 11 is 6.08. The van der Waals surface area contributed by atoms with E-state index >= 15 is 0 Å². The molecule has 1 atom stereocenters. The maximum atomic E-state index is 11.3. The minimum absolute atomic E-state index is 0.0145. The maximum absolute atomic E-state index is 11.3. The highest BCUT2D eigenvalue weighted by Crippen LogP contribution is 2.31. The standard InChI is InChI=1S/C15H12ClNO2/c16-12-4-2-1-3-11(12)15(19)9-5-6-13-10(7-9)8-14(18)17-13/h1-7,15,19H,8H2,(H,17,18). The molecule has 1 amide bonds. The van der Waals surface area contributed by atoms with Crippen LogP contribution in [-0.2, 0) is 11.2 Å². The monoisotopic (exact) mass is 273 g/mol. The first kappa shape index (κ1) is 12.2. The van der Waals surface area contributed by atoms with Crippen molar-refractivity contribution in [2.45, 2.75) is 12.5 Å². The molecule has 0 saturated heterocycles. The minimum atomic E-state index is -0.783. The Labute approximate surface area is 115 Å². The molecule has 2 aromatic rings. The third-order valence-electron chi connectivity index (χ3n) is 3.27. The molecule has 1 aliphatic rings. The Hall–Kier alpha value is -1.84. The van der Waals surface area contributed by atoms with Gasteiger partial charge in [0, 0.05) is 16.3 Å². The van der Waals surface area contributed by atoms with E-state index in [9.17, 15) is 9.90 Å². The van der Waals surface area contributed by atoms with Gasteiger partial charge in [0.15, 0.2) is 0 Å². The maximum Gasteiger partial charge on any atom is 0.228 e. The SMILES string of the molecule is O=C1Cc2cc(C(O)c3ccccc3Cl)ccc2N1. The number of nitrogens with one attached hydrogen (secondary N) is 1. The first-order valence-corrected chi connectivity index (χ1v) is 6.38. The van der Waals surface area contributed by atoms with Crippen LogP contribution in [0.2, 0.25) is 5.02 Å². The van der Waals surface area contributed by atoms with Crippen LogP contribution in [0.3, 0.4) is 0 Å². The molecule has 2 N–H and O–H groups in total.